The van der Waals surface area contributed by atoms with Crippen molar-refractivity contribution in [2.45, 2.75) is 45.9 Å². The van der Waals surface area contributed by atoms with Gasteiger partial charge in [0, 0.05) is 24.0 Å². The van der Waals surface area contributed by atoms with Crippen LogP contribution in [0.1, 0.15) is 48.4 Å². The van der Waals surface area contributed by atoms with Crippen molar-refractivity contribution in [3.8, 4) is 17.0 Å². The molecule has 30 heavy (non-hydrogen) atoms. The van der Waals surface area contributed by atoms with Gasteiger partial charge in [0.2, 0.25) is 0 Å². The van der Waals surface area contributed by atoms with Crippen LogP contribution >= 0.6 is 0 Å². The smallest absolute Gasteiger partial charge is 0.262 e. The standard InChI is InChI=1S/C22H25N5O3/c1-13-8-17(15-9-16(30-5)11-23-10-15)24-20-14(2)27(21(28)19(13)20)18-6-7-26(25-18)12-22(3,4)29/h6-11,14,29H,12H2,1-5H3. The number of pyridine rings is 2. The van der Waals surface area contributed by atoms with Crippen molar-refractivity contribution < 1.29 is 14.6 Å². The zero-order chi connectivity index (χ0) is 21.6. The first-order chi connectivity index (χ1) is 14.2. The summed E-state index contributed by atoms with van der Waals surface area (Å²) in [7, 11) is 1.60. The third kappa shape index (κ3) is 3.54. The second kappa shape index (κ2) is 7.21. The molecule has 3 aromatic rings. The zero-order valence-electron chi connectivity index (χ0n) is 17.7. The van der Waals surface area contributed by atoms with Crippen LogP contribution in [0, 0.1) is 6.92 Å². The third-order valence-electron chi connectivity index (χ3n) is 5.13. The Balaban J connectivity index is 1.71. The van der Waals surface area contributed by atoms with Gasteiger partial charge in [0.1, 0.15) is 5.75 Å². The molecule has 0 spiro atoms. The van der Waals surface area contributed by atoms with Crippen molar-refractivity contribution in [2.75, 3.05) is 12.0 Å². The number of hydrogen-bond donors (Lipinski definition) is 1. The summed E-state index contributed by atoms with van der Waals surface area (Å²) < 4.78 is 6.91. The van der Waals surface area contributed by atoms with E-state index in [1.807, 2.05) is 26.0 Å². The molecule has 0 saturated carbocycles. The van der Waals surface area contributed by atoms with Crippen molar-refractivity contribution in [1.82, 2.24) is 19.7 Å². The van der Waals surface area contributed by atoms with E-state index < -0.39 is 5.60 Å². The lowest BCUT2D eigenvalue weighted by Gasteiger charge is -2.19. The number of nitrogens with zero attached hydrogens (tertiary/aromatic N) is 5. The fraction of sp³-hybridized carbons (Fsp3) is 0.364. The average Bonchev–Trinajstić information content (AvgIpc) is 3.22. The molecule has 1 aliphatic heterocycles. The first-order valence-electron chi connectivity index (χ1n) is 9.78. The quantitative estimate of drug-likeness (QED) is 0.698. The minimum Gasteiger partial charge on any atom is -0.495 e. The maximum Gasteiger partial charge on any atom is 0.262 e. The predicted octanol–water partition coefficient (Wildman–Crippen LogP) is 3.15. The largest absolute Gasteiger partial charge is 0.495 e. The maximum atomic E-state index is 13.2. The van der Waals surface area contributed by atoms with E-state index in [2.05, 4.69) is 10.1 Å². The van der Waals surface area contributed by atoms with Crippen molar-refractivity contribution >= 4 is 11.7 Å². The molecule has 0 fully saturated rings. The lowest BCUT2D eigenvalue weighted by atomic mass is 10.0. The zero-order valence-corrected chi connectivity index (χ0v) is 17.7. The molecular formula is C22H25N5O3. The molecule has 156 valence electrons. The Kier molecular flexibility index (Phi) is 4.82. The first kappa shape index (κ1) is 20.0. The van der Waals surface area contributed by atoms with E-state index >= 15 is 0 Å². The van der Waals surface area contributed by atoms with Crippen LogP contribution in [-0.4, -0.2) is 43.5 Å². The van der Waals surface area contributed by atoms with Crippen molar-refractivity contribution in [3.05, 3.63) is 53.6 Å². The number of methoxy groups -OCH3 is 1. The minimum absolute atomic E-state index is 0.119. The summed E-state index contributed by atoms with van der Waals surface area (Å²) in [6.45, 7) is 7.63. The first-order valence-corrected chi connectivity index (χ1v) is 9.78. The van der Waals surface area contributed by atoms with Crippen LogP contribution in [-0.2, 0) is 6.54 Å². The second-order valence-electron chi connectivity index (χ2n) is 8.23. The summed E-state index contributed by atoms with van der Waals surface area (Å²) >= 11 is 0. The van der Waals surface area contributed by atoms with E-state index in [-0.39, 0.29) is 11.9 Å². The summed E-state index contributed by atoms with van der Waals surface area (Å²) in [6, 6.07) is 5.29. The number of aryl methyl sites for hydroxylation is 1. The number of carbonyl (C=O) groups excluding carboxylic acids is 1. The van der Waals surface area contributed by atoms with Crippen molar-refractivity contribution in [3.63, 3.8) is 0 Å². The SMILES string of the molecule is COc1cncc(-c2cc(C)c3c(n2)C(C)N(c2ccn(CC(C)(C)O)n2)C3=O)c1. The normalized spacial score (nSPS) is 16.1. The molecule has 0 radical (unpaired) electrons. The van der Waals surface area contributed by atoms with Crippen molar-refractivity contribution in [2.24, 2.45) is 0 Å². The summed E-state index contributed by atoms with van der Waals surface area (Å²) in [4.78, 5) is 23.9. The minimum atomic E-state index is -0.898. The molecule has 1 amide bonds. The highest BCUT2D eigenvalue weighted by atomic mass is 16.5. The van der Waals surface area contributed by atoms with Crippen molar-refractivity contribution in [1.29, 1.82) is 0 Å². The second-order valence-corrected chi connectivity index (χ2v) is 8.23. The van der Waals surface area contributed by atoms with Gasteiger partial charge in [-0.2, -0.15) is 5.10 Å². The molecule has 1 atom stereocenters. The molecule has 1 N–H and O–H groups in total. The number of ether oxygens (including phenoxy) is 1. The van der Waals surface area contributed by atoms with Crippen LogP contribution in [0.15, 0.2) is 36.8 Å². The van der Waals surface area contributed by atoms with Gasteiger partial charge in [-0.15, -0.1) is 0 Å². The van der Waals surface area contributed by atoms with Gasteiger partial charge in [-0.1, -0.05) is 0 Å². The number of aromatic nitrogens is 4. The van der Waals surface area contributed by atoms with Crippen LogP contribution in [0.25, 0.3) is 11.3 Å². The summed E-state index contributed by atoms with van der Waals surface area (Å²) in [5.41, 5.74) is 2.85. The van der Waals surface area contributed by atoms with E-state index in [1.165, 1.54) is 0 Å². The van der Waals surface area contributed by atoms with Crippen LogP contribution in [0.2, 0.25) is 0 Å². The Morgan fingerprint density at radius 3 is 2.73 bits per heavy atom. The summed E-state index contributed by atoms with van der Waals surface area (Å²) in [5, 5.41) is 14.5. The predicted molar refractivity (Wildman–Crippen MR) is 113 cm³/mol. The molecule has 8 heteroatoms. The highest BCUT2D eigenvalue weighted by Gasteiger charge is 2.39. The molecule has 4 rings (SSSR count). The number of anilines is 1. The van der Waals surface area contributed by atoms with E-state index in [1.54, 1.807) is 55.2 Å². The topological polar surface area (TPSA) is 93.4 Å². The molecule has 1 aliphatic rings. The number of hydrogen-bond acceptors (Lipinski definition) is 6. The molecule has 0 aromatic carbocycles. The third-order valence-corrected chi connectivity index (χ3v) is 5.13. The Bertz CT molecular complexity index is 1120. The maximum absolute atomic E-state index is 13.2. The molecule has 0 aliphatic carbocycles. The number of aliphatic hydroxyl groups is 1. The van der Waals surface area contributed by atoms with E-state index in [0.717, 1.165) is 22.5 Å². The summed E-state index contributed by atoms with van der Waals surface area (Å²) in [5.74, 6) is 1.07. The highest BCUT2D eigenvalue weighted by Crippen LogP contribution is 2.38. The van der Waals surface area contributed by atoms with Crippen LogP contribution in [0.5, 0.6) is 5.75 Å². The highest BCUT2D eigenvalue weighted by molar-refractivity contribution is 6.11. The van der Waals surface area contributed by atoms with Gasteiger partial charge in [-0.05, 0) is 45.4 Å². The van der Waals surface area contributed by atoms with Gasteiger partial charge in [0.15, 0.2) is 5.82 Å². The lowest BCUT2D eigenvalue weighted by Crippen LogP contribution is -2.28. The summed E-state index contributed by atoms with van der Waals surface area (Å²) in [6.07, 6.45) is 5.14. The van der Waals surface area contributed by atoms with Crippen LogP contribution < -0.4 is 9.64 Å². The molecule has 4 heterocycles. The fourth-order valence-electron chi connectivity index (χ4n) is 3.78. The Morgan fingerprint density at radius 1 is 1.27 bits per heavy atom. The molecule has 0 bridgehead atoms. The van der Waals surface area contributed by atoms with Gasteiger partial charge in [0.25, 0.3) is 5.91 Å². The number of amides is 1. The molecular weight excluding hydrogens is 382 g/mol. The monoisotopic (exact) mass is 407 g/mol. The molecule has 8 nitrogen and oxygen atoms in total. The fourth-order valence-corrected chi connectivity index (χ4v) is 3.78. The lowest BCUT2D eigenvalue weighted by molar-refractivity contribution is 0.0578. The Morgan fingerprint density at radius 2 is 2.03 bits per heavy atom. The molecule has 1 unspecified atom stereocenters. The number of rotatable bonds is 5. The average molecular weight is 407 g/mol. The van der Waals surface area contributed by atoms with E-state index in [4.69, 9.17) is 9.72 Å². The van der Waals surface area contributed by atoms with Gasteiger partial charge in [0.05, 0.1) is 48.4 Å². The van der Waals surface area contributed by atoms with Crippen LogP contribution in [0.4, 0.5) is 5.82 Å². The van der Waals surface area contributed by atoms with Gasteiger partial charge >= 0.3 is 0 Å². The van der Waals surface area contributed by atoms with Crippen LogP contribution in [0.3, 0.4) is 0 Å². The van der Waals surface area contributed by atoms with Gasteiger partial charge in [-0.3, -0.25) is 19.4 Å². The molecule has 0 saturated heterocycles. The Hall–Kier alpha value is -3.26. The Labute approximate surface area is 175 Å². The van der Waals surface area contributed by atoms with Gasteiger partial charge in [-0.25, -0.2) is 4.98 Å². The molecule has 3 aromatic heterocycles. The number of carbonyl (C=O) groups is 1. The van der Waals surface area contributed by atoms with Gasteiger partial charge < -0.3 is 9.84 Å². The van der Waals surface area contributed by atoms with E-state index in [0.29, 0.717) is 23.7 Å². The van der Waals surface area contributed by atoms with E-state index in [9.17, 15) is 9.90 Å². The number of fused-ring (bicyclic) bond motifs is 1.